The summed E-state index contributed by atoms with van der Waals surface area (Å²) in [5.74, 6) is -0.236. The van der Waals surface area contributed by atoms with Crippen molar-refractivity contribution in [3.05, 3.63) is 117 Å². The number of carbonyl (C=O) groups is 2. The van der Waals surface area contributed by atoms with Gasteiger partial charge in [0, 0.05) is 34.2 Å². The first-order chi connectivity index (χ1) is 29.1. The first kappa shape index (κ1) is 45.0. The Labute approximate surface area is 360 Å². The number of aryl methyl sites for hydroxylation is 2. The van der Waals surface area contributed by atoms with E-state index in [0.717, 1.165) is 37.9 Å². The van der Waals surface area contributed by atoms with Crippen molar-refractivity contribution in [2.24, 2.45) is 0 Å². The van der Waals surface area contributed by atoms with E-state index in [2.05, 4.69) is 30.9 Å². The van der Waals surface area contributed by atoms with E-state index < -0.39 is 28.7 Å². The largest absolute Gasteiger partial charge is 0.481 e. The third-order valence-electron chi connectivity index (χ3n) is 10.4. The van der Waals surface area contributed by atoms with Crippen LogP contribution in [-0.2, 0) is 35.8 Å². The summed E-state index contributed by atoms with van der Waals surface area (Å²) in [5, 5.41) is 40.4. The molecule has 0 unspecified atom stereocenters. The number of hydrogen-bond acceptors (Lipinski definition) is 15. The molecule has 4 N–H and O–H groups in total. The van der Waals surface area contributed by atoms with E-state index in [4.69, 9.17) is 38.3 Å². The van der Waals surface area contributed by atoms with Crippen LogP contribution in [0.15, 0.2) is 77.7 Å². The molecule has 3 fully saturated rings. The van der Waals surface area contributed by atoms with Gasteiger partial charge in [-0.05, 0) is 94.5 Å². The topological polar surface area (TPSA) is 218 Å². The molecule has 322 valence electrons. The van der Waals surface area contributed by atoms with E-state index >= 15 is 0 Å². The van der Waals surface area contributed by atoms with Gasteiger partial charge in [0.05, 0.1) is 95.9 Å². The van der Waals surface area contributed by atoms with Gasteiger partial charge in [0.15, 0.2) is 0 Å². The number of aromatic carboxylic acids is 1. The Kier molecular flexibility index (Phi) is 13.7. The standard InChI is InChI=1S/C18H19NO5.C17H17NO5.C9H10BrNO3/c1-11-4-5-12(17(20)23-3)6-14(11)13-7-15(16(22-2)19-8-13)18(21)9-24-10-18;1-10-3-4-11(16(19)20)5-13(10)12-6-14(15(22-2)18-7-12)17(21)8-23-9-17;1-13-8-7(2-6(10)3-11-8)9(12)4-14-5-9/h4-8,21H,9-10H2,1-3H3;3-7,21H,8-9H2,1-2H3,(H,19,20);2-3,12H,4-5H2,1H3. The minimum absolute atomic E-state index is 0.183. The zero-order chi connectivity index (χ0) is 44.1. The minimum Gasteiger partial charge on any atom is -0.481 e. The molecule has 3 saturated heterocycles. The highest BCUT2D eigenvalue weighted by atomic mass is 79.9. The van der Waals surface area contributed by atoms with E-state index in [-0.39, 0.29) is 32.0 Å². The lowest BCUT2D eigenvalue weighted by Gasteiger charge is -2.37. The number of aromatic nitrogens is 3. The van der Waals surface area contributed by atoms with Gasteiger partial charge in [-0.25, -0.2) is 24.5 Å². The maximum Gasteiger partial charge on any atom is 0.337 e. The van der Waals surface area contributed by atoms with Crippen LogP contribution in [0.2, 0.25) is 0 Å². The van der Waals surface area contributed by atoms with Crippen LogP contribution < -0.4 is 14.2 Å². The molecule has 16 nitrogen and oxygen atoms in total. The Balaban J connectivity index is 0.000000158. The maximum absolute atomic E-state index is 11.8. The van der Waals surface area contributed by atoms with Crippen LogP contribution >= 0.6 is 15.9 Å². The summed E-state index contributed by atoms with van der Waals surface area (Å²) in [6, 6.07) is 15.7. The second-order valence-electron chi connectivity index (χ2n) is 14.7. The van der Waals surface area contributed by atoms with Gasteiger partial charge >= 0.3 is 11.9 Å². The fraction of sp³-hybridized carbons (Fsp3) is 0.341. The molecule has 61 heavy (non-hydrogen) atoms. The van der Waals surface area contributed by atoms with Gasteiger partial charge < -0.3 is 53.6 Å². The summed E-state index contributed by atoms with van der Waals surface area (Å²) >= 11 is 3.30. The van der Waals surface area contributed by atoms with Gasteiger partial charge in [0.1, 0.15) is 16.8 Å². The first-order valence-electron chi connectivity index (χ1n) is 18.8. The Morgan fingerprint density at radius 3 is 1.33 bits per heavy atom. The summed E-state index contributed by atoms with van der Waals surface area (Å²) in [6.07, 6.45) is 4.90. The zero-order valence-electron chi connectivity index (χ0n) is 34.4. The smallest absolute Gasteiger partial charge is 0.337 e. The molecule has 0 amide bonds. The highest BCUT2D eigenvalue weighted by molar-refractivity contribution is 9.10. The molecule has 0 bridgehead atoms. The molecule has 8 rings (SSSR count). The van der Waals surface area contributed by atoms with Crippen LogP contribution in [0.25, 0.3) is 22.3 Å². The molecule has 0 saturated carbocycles. The van der Waals surface area contributed by atoms with Crippen LogP contribution in [-0.4, -0.2) is 115 Å². The van der Waals surface area contributed by atoms with Crippen molar-refractivity contribution in [1.82, 2.24) is 15.0 Å². The molecule has 2 aromatic carbocycles. The van der Waals surface area contributed by atoms with Crippen LogP contribution in [0.5, 0.6) is 17.6 Å². The lowest BCUT2D eigenvalue weighted by Crippen LogP contribution is -2.46. The Morgan fingerprint density at radius 2 is 0.967 bits per heavy atom. The second-order valence-corrected chi connectivity index (χ2v) is 15.6. The van der Waals surface area contributed by atoms with Crippen LogP contribution in [0.3, 0.4) is 0 Å². The highest BCUT2D eigenvalue weighted by Crippen LogP contribution is 2.40. The van der Waals surface area contributed by atoms with Crippen LogP contribution in [0.1, 0.15) is 48.5 Å². The number of carboxylic acid groups (broad SMARTS) is 1. The number of halogens is 1. The third-order valence-corrected chi connectivity index (χ3v) is 10.8. The average Bonchev–Trinajstić information content (AvgIpc) is 3.23. The number of hydrogen-bond donors (Lipinski definition) is 4. The number of carbonyl (C=O) groups excluding carboxylic acids is 1. The van der Waals surface area contributed by atoms with Gasteiger partial charge in [-0.15, -0.1) is 0 Å². The predicted molar refractivity (Wildman–Crippen MR) is 223 cm³/mol. The number of pyridine rings is 3. The minimum atomic E-state index is -1.12. The molecule has 17 heteroatoms. The SMILES string of the molecule is COC(=O)c1ccc(C)c(-c2cnc(OC)c(C3(O)COC3)c2)c1.COc1ncc(-c2cc(C(=O)O)ccc2C)cc1C1(O)COC1.COc1ncc(Br)cc1C1(O)COC1. The van der Waals surface area contributed by atoms with Gasteiger partial charge in [0.2, 0.25) is 17.6 Å². The average molecular weight is 905 g/mol. The lowest BCUT2D eigenvalue weighted by atomic mass is 9.90. The van der Waals surface area contributed by atoms with E-state index in [1.807, 2.05) is 26.0 Å². The summed E-state index contributed by atoms with van der Waals surface area (Å²) < 4.78 is 36.4. The summed E-state index contributed by atoms with van der Waals surface area (Å²) in [7, 11) is 5.88. The summed E-state index contributed by atoms with van der Waals surface area (Å²) in [5.41, 5.74) is 4.31. The molecule has 6 heterocycles. The van der Waals surface area contributed by atoms with E-state index in [0.29, 0.717) is 53.1 Å². The number of methoxy groups -OCH3 is 4. The molecule has 0 aliphatic carbocycles. The van der Waals surface area contributed by atoms with Crippen molar-refractivity contribution in [2.45, 2.75) is 30.7 Å². The van der Waals surface area contributed by atoms with Crippen molar-refractivity contribution in [2.75, 3.05) is 68.1 Å². The molecule has 3 aliphatic heterocycles. The Bertz CT molecular complexity index is 2420. The number of rotatable bonds is 10. The molecular formula is C44H46BrN3O13. The third kappa shape index (κ3) is 9.53. The Hall–Kier alpha value is -5.53. The quantitative estimate of drug-likeness (QED) is 0.134. The van der Waals surface area contributed by atoms with Crippen LogP contribution in [0, 0.1) is 13.8 Å². The Morgan fingerprint density at radius 1 is 0.590 bits per heavy atom. The van der Waals surface area contributed by atoms with Crippen molar-refractivity contribution in [1.29, 1.82) is 0 Å². The predicted octanol–water partition coefficient (Wildman–Crippen LogP) is 5.12. The number of esters is 1. The molecule has 5 aromatic rings. The van der Waals surface area contributed by atoms with Gasteiger partial charge in [-0.2, -0.15) is 0 Å². The number of ether oxygens (including phenoxy) is 7. The van der Waals surface area contributed by atoms with Gasteiger partial charge in [-0.3, -0.25) is 0 Å². The normalized spacial score (nSPS) is 16.4. The maximum atomic E-state index is 11.8. The second kappa shape index (κ2) is 18.6. The van der Waals surface area contributed by atoms with E-state index in [1.165, 1.54) is 28.4 Å². The summed E-state index contributed by atoms with van der Waals surface area (Å²) in [4.78, 5) is 35.6. The first-order valence-corrected chi connectivity index (χ1v) is 19.6. The number of nitrogens with zero attached hydrogens (tertiary/aromatic N) is 3. The van der Waals surface area contributed by atoms with Gasteiger partial charge in [0.25, 0.3) is 0 Å². The van der Waals surface area contributed by atoms with E-state index in [9.17, 15) is 24.9 Å². The van der Waals surface area contributed by atoms with Crippen molar-refractivity contribution >= 4 is 27.9 Å². The lowest BCUT2D eigenvalue weighted by molar-refractivity contribution is -0.185. The van der Waals surface area contributed by atoms with Crippen molar-refractivity contribution in [3.8, 4) is 39.9 Å². The molecule has 0 radical (unpaired) electrons. The summed E-state index contributed by atoms with van der Waals surface area (Å²) in [6.45, 7) is 5.20. The molecular weight excluding hydrogens is 858 g/mol. The van der Waals surface area contributed by atoms with Gasteiger partial charge in [-0.1, -0.05) is 12.1 Å². The highest BCUT2D eigenvalue weighted by Gasteiger charge is 2.43. The fourth-order valence-electron chi connectivity index (χ4n) is 6.71. The van der Waals surface area contributed by atoms with Crippen LogP contribution in [0.4, 0.5) is 0 Å². The molecule has 3 aromatic heterocycles. The molecule has 0 spiro atoms. The number of aliphatic hydroxyl groups is 3. The van der Waals surface area contributed by atoms with Crippen molar-refractivity contribution < 1.29 is 63.2 Å². The molecule has 3 aliphatic rings. The zero-order valence-corrected chi connectivity index (χ0v) is 35.9. The molecule has 0 atom stereocenters. The van der Waals surface area contributed by atoms with Crippen molar-refractivity contribution in [3.63, 3.8) is 0 Å². The monoisotopic (exact) mass is 903 g/mol. The van der Waals surface area contributed by atoms with E-state index in [1.54, 1.807) is 61.1 Å². The number of benzene rings is 2. The number of carboxylic acids is 1. The fourth-order valence-corrected chi connectivity index (χ4v) is 7.04.